The van der Waals surface area contributed by atoms with Gasteiger partial charge in [-0.1, -0.05) is 6.07 Å². The molecule has 1 aromatic carbocycles. The number of anilines is 2. The van der Waals surface area contributed by atoms with E-state index >= 15 is 0 Å². The standard InChI is InChI=1S/C19H26N2O4/c1-11-10-12(2)17(21-19(23)15-7-5-9-25-15)13(3)16(11)20-18(22)14-6-4-8-24-14/h10,14-15H,4-9H2,1-3H3,(H,20,22)(H,21,23)/t14-,15-/m1/s1. The van der Waals surface area contributed by atoms with Crippen LogP contribution in [0.15, 0.2) is 6.07 Å². The lowest BCUT2D eigenvalue weighted by atomic mass is 10.0. The summed E-state index contributed by atoms with van der Waals surface area (Å²) in [5, 5.41) is 5.97. The molecule has 2 amide bonds. The van der Waals surface area contributed by atoms with Crippen LogP contribution in [0.4, 0.5) is 11.4 Å². The number of benzene rings is 1. The summed E-state index contributed by atoms with van der Waals surface area (Å²) in [6.45, 7) is 7.09. The zero-order valence-corrected chi connectivity index (χ0v) is 15.1. The Bertz CT molecular complexity index is 620. The fourth-order valence-corrected chi connectivity index (χ4v) is 3.55. The zero-order chi connectivity index (χ0) is 18.0. The fourth-order valence-electron chi connectivity index (χ4n) is 3.55. The molecule has 2 fully saturated rings. The molecule has 0 radical (unpaired) electrons. The molecule has 2 aliphatic heterocycles. The molecule has 136 valence electrons. The van der Waals surface area contributed by atoms with Gasteiger partial charge in [-0.25, -0.2) is 0 Å². The molecule has 6 nitrogen and oxygen atoms in total. The number of carbonyl (C=O) groups excluding carboxylic acids is 2. The molecule has 25 heavy (non-hydrogen) atoms. The predicted molar refractivity (Wildman–Crippen MR) is 95.9 cm³/mol. The van der Waals surface area contributed by atoms with Gasteiger partial charge in [0.15, 0.2) is 0 Å². The van der Waals surface area contributed by atoms with E-state index in [1.807, 2.05) is 26.8 Å². The highest BCUT2D eigenvalue weighted by atomic mass is 16.5. The van der Waals surface area contributed by atoms with Gasteiger partial charge in [0.05, 0.1) is 0 Å². The maximum Gasteiger partial charge on any atom is 0.253 e. The third-order valence-corrected chi connectivity index (χ3v) is 4.91. The Morgan fingerprint density at radius 3 is 1.68 bits per heavy atom. The maximum absolute atomic E-state index is 12.4. The van der Waals surface area contributed by atoms with Crippen molar-refractivity contribution in [1.29, 1.82) is 0 Å². The number of aryl methyl sites for hydroxylation is 2. The number of nitrogens with one attached hydrogen (secondary N) is 2. The van der Waals surface area contributed by atoms with E-state index in [2.05, 4.69) is 10.6 Å². The van der Waals surface area contributed by atoms with Crippen LogP contribution in [0.25, 0.3) is 0 Å². The Morgan fingerprint density at radius 2 is 1.32 bits per heavy atom. The molecule has 2 saturated heterocycles. The van der Waals surface area contributed by atoms with Crippen molar-refractivity contribution in [3.8, 4) is 0 Å². The Labute approximate surface area is 148 Å². The quantitative estimate of drug-likeness (QED) is 0.879. The second-order valence-corrected chi connectivity index (χ2v) is 6.87. The second kappa shape index (κ2) is 7.54. The number of ether oxygens (including phenoxy) is 2. The third kappa shape index (κ3) is 3.85. The first-order chi connectivity index (χ1) is 12.0. The van der Waals surface area contributed by atoms with Crippen LogP contribution >= 0.6 is 0 Å². The highest BCUT2D eigenvalue weighted by molar-refractivity contribution is 6.00. The average molecular weight is 346 g/mol. The van der Waals surface area contributed by atoms with E-state index in [-0.39, 0.29) is 24.0 Å². The van der Waals surface area contributed by atoms with Crippen molar-refractivity contribution in [3.63, 3.8) is 0 Å². The summed E-state index contributed by atoms with van der Waals surface area (Å²) in [5.74, 6) is -0.243. The lowest BCUT2D eigenvalue weighted by Gasteiger charge is -2.20. The molecular formula is C19H26N2O4. The van der Waals surface area contributed by atoms with Gasteiger partial charge in [-0.15, -0.1) is 0 Å². The number of hydrogen-bond donors (Lipinski definition) is 2. The number of amides is 2. The molecule has 0 unspecified atom stereocenters. The van der Waals surface area contributed by atoms with Crippen molar-refractivity contribution in [2.24, 2.45) is 0 Å². The van der Waals surface area contributed by atoms with E-state index in [1.165, 1.54) is 0 Å². The van der Waals surface area contributed by atoms with Gasteiger partial charge in [-0.3, -0.25) is 9.59 Å². The largest absolute Gasteiger partial charge is 0.368 e. The van der Waals surface area contributed by atoms with Crippen LogP contribution in [-0.4, -0.2) is 37.2 Å². The first-order valence-corrected chi connectivity index (χ1v) is 8.93. The molecule has 0 spiro atoms. The van der Waals surface area contributed by atoms with E-state index in [1.54, 1.807) is 0 Å². The molecule has 3 rings (SSSR count). The van der Waals surface area contributed by atoms with Crippen LogP contribution in [0.5, 0.6) is 0 Å². The summed E-state index contributed by atoms with van der Waals surface area (Å²) >= 11 is 0. The highest BCUT2D eigenvalue weighted by Gasteiger charge is 2.27. The maximum atomic E-state index is 12.4. The van der Waals surface area contributed by atoms with Gasteiger partial charge in [0.25, 0.3) is 11.8 Å². The summed E-state index contributed by atoms with van der Waals surface area (Å²) in [5.41, 5.74) is 4.28. The summed E-state index contributed by atoms with van der Waals surface area (Å²) < 4.78 is 10.9. The van der Waals surface area contributed by atoms with Crippen LogP contribution in [0.3, 0.4) is 0 Å². The van der Waals surface area contributed by atoms with Crippen LogP contribution in [0.2, 0.25) is 0 Å². The van der Waals surface area contributed by atoms with Gasteiger partial charge >= 0.3 is 0 Å². The minimum Gasteiger partial charge on any atom is -0.368 e. The lowest BCUT2D eigenvalue weighted by Crippen LogP contribution is -2.29. The molecule has 2 heterocycles. The minimum absolute atomic E-state index is 0.121. The summed E-state index contributed by atoms with van der Waals surface area (Å²) in [6.07, 6.45) is 2.55. The van der Waals surface area contributed by atoms with E-state index in [9.17, 15) is 9.59 Å². The molecule has 2 aliphatic rings. The average Bonchev–Trinajstić information content (AvgIpc) is 3.28. The van der Waals surface area contributed by atoms with E-state index in [0.29, 0.717) is 13.2 Å². The van der Waals surface area contributed by atoms with Crippen molar-refractivity contribution in [3.05, 3.63) is 22.8 Å². The summed E-state index contributed by atoms with van der Waals surface area (Å²) in [4.78, 5) is 24.8. The van der Waals surface area contributed by atoms with Gasteiger partial charge in [0.1, 0.15) is 12.2 Å². The lowest BCUT2D eigenvalue weighted by molar-refractivity contribution is -0.125. The topological polar surface area (TPSA) is 76.7 Å². The fraction of sp³-hybridized carbons (Fsp3) is 0.579. The number of hydrogen-bond acceptors (Lipinski definition) is 4. The van der Waals surface area contributed by atoms with E-state index in [4.69, 9.17) is 9.47 Å². The van der Waals surface area contributed by atoms with Gasteiger partial charge in [-0.05, 0) is 63.1 Å². The molecule has 0 bridgehead atoms. The Hall–Kier alpha value is -1.92. The molecule has 0 aromatic heterocycles. The van der Waals surface area contributed by atoms with Gasteiger partial charge in [0.2, 0.25) is 0 Å². The Morgan fingerprint density at radius 1 is 0.880 bits per heavy atom. The Kier molecular flexibility index (Phi) is 5.39. The first-order valence-electron chi connectivity index (χ1n) is 8.93. The van der Waals surface area contributed by atoms with Gasteiger partial charge in [0, 0.05) is 24.6 Å². The minimum atomic E-state index is -0.384. The van der Waals surface area contributed by atoms with Crippen molar-refractivity contribution < 1.29 is 19.1 Å². The number of carbonyl (C=O) groups is 2. The zero-order valence-electron chi connectivity index (χ0n) is 15.1. The van der Waals surface area contributed by atoms with Crippen molar-refractivity contribution >= 4 is 23.2 Å². The molecule has 0 aliphatic carbocycles. The third-order valence-electron chi connectivity index (χ3n) is 4.91. The SMILES string of the molecule is Cc1cc(C)c(NC(=O)[C@H]2CCCO2)c(C)c1NC(=O)[C@H]1CCCO1. The summed E-state index contributed by atoms with van der Waals surface area (Å²) in [6, 6.07) is 1.98. The van der Waals surface area contributed by atoms with Crippen LogP contribution in [-0.2, 0) is 19.1 Å². The van der Waals surface area contributed by atoms with Crippen LogP contribution in [0.1, 0.15) is 42.4 Å². The molecule has 2 N–H and O–H groups in total. The van der Waals surface area contributed by atoms with Crippen LogP contribution in [0, 0.1) is 20.8 Å². The van der Waals surface area contributed by atoms with E-state index < -0.39 is 0 Å². The molecule has 0 saturated carbocycles. The Balaban J connectivity index is 1.81. The van der Waals surface area contributed by atoms with Crippen LogP contribution < -0.4 is 10.6 Å². The van der Waals surface area contributed by atoms with Crippen molar-refractivity contribution in [1.82, 2.24) is 0 Å². The molecule has 6 heteroatoms. The van der Waals surface area contributed by atoms with Crippen molar-refractivity contribution in [2.45, 2.75) is 58.7 Å². The normalized spacial score (nSPS) is 22.8. The molecular weight excluding hydrogens is 320 g/mol. The van der Waals surface area contributed by atoms with Crippen molar-refractivity contribution in [2.75, 3.05) is 23.8 Å². The summed E-state index contributed by atoms with van der Waals surface area (Å²) in [7, 11) is 0. The molecule has 2 atom stereocenters. The first kappa shape index (κ1) is 17.9. The molecule has 1 aromatic rings. The van der Waals surface area contributed by atoms with E-state index in [0.717, 1.165) is 53.7 Å². The monoisotopic (exact) mass is 346 g/mol. The highest BCUT2D eigenvalue weighted by Crippen LogP contribution is 2.32. The van der Waals surface area contributed by atoms with Gasteiger partial charge < -0.3 is 20.1 Å². The second-order valence-electron chi connectivity index (χ2n) is 6.87. The smallest absolute Gasteiger partial charge is 0.253 e. The van der Waals surface area contributed by atoms with Gasteiger partial charge in [-0.2, -0.15) is 0 Å². The number of rotatable bonds is 4. The predicted octanol–water partition coefficient (Wildman–Crippen LogP) is 2.85.